The highest BCUT2D eigenvalue weighted by atomic mass is 32.1. The number of anilines is 1. The molecule has 2 aromatic heterocycles. The van der Waals surface area contributed by atoms with Gasteiger partial charge >= 0.3 is 0 Å². The Morgan fingerprint density at radius 1 is 1.53 bits per heavy atom. The average molecular weight is 223 g/mol. The molecule has 2 aromatic rings. The SMILES string of the molecule is Cc1nnc(NC(C)Cn2ccnc2)s1. The monoisotopic (exact) mass is 223 g/mol. The van der Waals surface area contributed by atoms with Crippen molar-refractivity contribution in [3.05, 3.63) is 23.7 Å². The molecule has 1 N–H and O–H groups in total. The zero-order valence-electron chi connectivity index (χ0n) is 8.71. The van der Waals surface area contributed by atoms with Crippen molar-refractivity contribution in [1.29, 1.82) is 0 Å². The maximum Gasteiger partial charge on any atom is 0.205 e. The van der Waals surface area contributed by atoms with Gasteiger partial charge < -0.3 is 9.88 Å². The molecular weight excluding hydrogens is 210 g/mol. The van der Waals surface area contributed by atoms with Crippen molar-refractivity contribution in [2.45, 2.75) is 26.4 Å². The van der Waals surface area contributed by atoms with Gasteiger partial charge in [0.05, 0.1) is 6.33 Å². The minimum Gasteiger partial charge on any atom is -0.356 e. The summed E-state index contributed by atoms with van der Waals surface area (Å²) in [5.74, 6) is 0. The third-order valence-electron chi connectivity index (χ3n) is 1.94. The van der Waals surface area contributed by atoms with Crippen LogP contribution in [0.15, 0.2) is 18.7 Å². The zero-order chi connectivity index (χ0) is 10.7. The summed E-state index contributed by atoms with van der Waals surface area (Å²) in [6.45, 7) is 4.93. The molecule has 0 aromatic carbocycles. The Morgan fingerprint density at radius 2 is 2.40 bits per heavy atom. The normalized spacial score (nSPS) is 12.7. The summed E-state index contributed by atoms with van der Waals surface area (Å²) in [7, 11) is 0. The van der Waals surface area contributed by atoms with Crippen molar-refractivity contribution in [2.24, 2.45) is 0 Å². The van der Waals surface area contributed by atoms with E-state index in [4.69, 9.17) is 0 Å². The smallest absolute Gasteiger partial charge is 0.205 e. The van der Waals surface area contributed by atoms with E-state index in [0.29, 0.717) is 6.04 Å². The van der Waals surface area contributed by atoms with Crippen molar-refractivity contribution in [3.8, 4) is 0 Å². The van der Waals surface area contributed by atoms with Gasteiger partial charge in [0.25, 0.3) is 0 Å². The summed E-state index contributed by atoms with van der Waals surface area (Å²) >= 11 is 1.57. The molecular formula is C9H13N5S. The molecule has 0 aliphatic carbocycles. The van der Waals surface area contributed by atoms with Crippen LogP contribution in [-0.2, 0) is 6.54 Å². The van der Waals surface area contributed by atoms with E-state index in [2.05, 4.69) is 27.4 Å². The third kappa shape index (κ3) is 2.76. The van der Waals surface area contributed by atoms with Crippen LogP contribution in [0.5, 0.6) is 0 Å². The van der Waals surface area contributed by atoms with Gasteiger partial charge in [0.2, 0.25) is 5.13 Å². The highest BCUT2D eigenvalue weighted by Crippen LogP contribution is 2.14. The number of imidazole rings is 1. The molecule has 0 radical (unpaired) electrons. The summed E-state index contributed by atoms with van der Waals surface area (Å²) in [6.07, 6.45) is 5.54. The van der Waals surface area contributed by atoms with E-state index in [-0.39, 0.29) is 0 Å². The van der Waals surface area contributed by atoms with Crippen molar-refractivity contribution in [3.63, 3.8) is 0 Å². The molecule has 6 heteroatoms. The predicted molar refractivity (Wildman–Crippen MR) is 60.0 cm³/mol. The van der Waals surface area contributed by atoms with E-state index in [1.165, 1.54) is 0 Å². The first-order valence-corrected chi connectivity index (χ1v) is 5.58. The van der Waals surface area contributed by atoms with Crippen LogP contribution in [0.25, 0.3) is 0 Å². The largest absolute Gasteiger partial charge is 0.356 e. The van der Waals surface area contributed by atoms with Gasteiger partial charge in [0.1, 0.15) is 5.01 Å². The summed E-state index contributed by atoms with van der Waals surface area (Å²) in [5.41, 5.74) is 0. The standard InChI is InChI=1S/C9H13N5S/c1-7(5-14-4-3-10-6-14)11-9-13-12-8(2)15-9/h3-4,6-7H,5H2,1-2H3,(H,11,13). The Balaban J connectivity index is 1.90. The Labute approximate surface area is 92.2 Å². The molecule has 15 heavy (non-hydrogen) atoms. The number of rotatable bonds is 4. The molecule has 0 spiro atoms. The number of nitrogens with zero attached hydrogens (tertiary/aromatic N) is 4. The van der Waals surface area contributed by atoms with Crippen LogP contribution >= 0.6 is 11.3 Å². The second-order valence-corrected chi connectivity index (χ2v) is 4.61. The summed E-state index contributed by atoms with van der Waals surface area (Å²) < 4.78 is 2.03. The Hall–Kier alpha value is -1.43. The summed E-state index contributed by atoms with van der Waals surface area (Å²) in [6, 6.07) is 0.312. The number of aryl methyl sites for hydroxylation is 1. The van der Waals surface area contributed by atoms with Crippen LogP contribution in [0, 0.1) is 6.92 Å². The van der Waals surface area contributed by atoms with Crippen molar-refractivity contribution in [2.75, 3.05) is 5.32 Å². The molecule has 0 bridgehead atoms. The number of aromatic nitrogens is 4. The Kier molecular flexibility index (Phi) is 2.96. The van der Waals surface area contributed by atoms with Crippen LogP contribution in [0.3, 0.4) is 0 Å². The molecule has 80 valence electrons. The maximum atomic E-state index is 4.02. The molecule has 0 saturated heterocycles. The van der Waals surface area contributed by atoms with Crippen LogP contribution in [0.4, 0.5) is 5.13 Å². The van der Waals surface area contributed by atoms with Gasteiger partial charge in [0.15, 0.2) is 0 Å². The number of hydrogen-bond donors (Lipinski definition) is 1. The second-order valence-electron chi connectivity index (χ2n) is 3.43. The predicted octanol–water partition coefficient (Wildman–Crippen LogP) is 1.54. The lowest BCUT2D eigenvalue weighted by Gasteiger charge is -2.12. The molecule has 2 rings (SSSR count). The van der Waals surface area contributed by atoms with Gasteiger partial charge in [-0.05, 0) is 13.8 Å². The molecule has 1 unspecified atom stereocenters. The van der Waals surface area contributed by atoms with Gasteiger partial charge in [-0.3, -0.25) is 0 Å². The Morgan fingerprint density at radius 3 is 3.00 bits per heavy atom. The molecule has 5 nitrogen and oxygen atoms in total. The molecule has 0 aliphatic rings. The van der Waals surface area contributed by atoms with Crippen LogP contribution in [0.1, 0.15) is 11.9 Å². The highest BCUT2D eigenvalue weighted by Gasteiger charge is 2.05. The lowest BCUT2D eigenvalue weighted by atomic mass is 10.3. The van der Waals surface area contributed by atoms with Crippen LogP contribution in [-0.4, -0.2) is 25.8 Å². The average Bonchev–Trinajstić information content (AvgIpc) is 2.77. The van der Waals surface area contributed by atoms with Crippen LogP contribution < -0.4 is 5.32 Å². The molecule has 0 fully saturated rings. The maximum absolute atomic E-state index is 4.02. The first-order chi connectivity index (χ1) is 7.24. The number of nitrogens with one attached hydrogen (secondary N) is 1. The van der Waals surface area contributed by atoms with E-state index in [9.17, 15) is 0 Å². The van der Waals surface area contributed by atoms with Gasteiger partial charge in [-0.15, -0.1) is 10.2 Å². The topological polar surface area (TPSA) is 55.6 Å². The molecule has 2 heterocycles. The van der Waals surface area contributed by atoms with E-state index in [0.717, 1.165) is 16.7 Å². The van der Waals surface area contributed by atoms with Crippen molar-refractivity contribution >= 4 is 16.5 Å². The van der Waals surface area contributed by atoms with Gasteiger partial charge in [-0.25, -0.2) is 4.98 Å². The van der Waals surface area contributed by atoms with Crippen LogP contribution in [0.2, 0.25) is 0 Å². The fraction of sp³-hybridized carbons (Fsp3) is 0.444. The van der Waals surface area contributed by atoms with E-state index in [1.807, 2.05) is 24.0 Å². The molecule has 1 atom stereocenters. The lowest BCUT2D eigenvalue weighted by molar-refractivity contribution is 0.618. The minimum absolute atomic E-state index is 0.312. The van der Waals surface area contributed by atoms with Crippen molar-refractivity contribution < 1.29 is 0 Å². The zero-order valence-corrected chi connectivity index (χ0v) is 9.53. The highest BCUT2D eigenvalue weighted by molar-refractivity contribution is 7.15. The Bertz CT molecular complexity index is 408. The first-order valence-electron chi connectivity index (χ1n) is 4.76. The second kappa shape index (κ2) is 4.39. The van der Waals surface area contributed by atoms with Crippen molar-refractivity contribution in [1.82, 2.24) is 19.7 Å². The fourth-order valence-corrected chi connectivity index (χ4v) is 2.03. The summed E-state index contributed by atoms with van der Waals surface area (Å²) in [5, 5.41) is 13.1. The molecule has 0 amide bonds. The molecule has 0 saturated carbocycles. The lowest BCUT2D eigenvalue weighted by Crippen LogP contribution is -2.21. The van der Waals surface area contributed by atoms with Gasteiger partial charge in [0, 0.05) is 25.0 Å². The summed E-state index contributed by atoms with van der Waals surface area (Å²) in [4.78, 5) is 4.00. The van der Waals surface area contributed by atoms with E-state index < -0.39 is 0 Å². The molecule has 0 aliphatic heterocycles. The minimum atomic E-state index is 0.312. The first kappa shape index (κ1) is 10.1. The fourth-order valence-electron chi connectivity index (χ4n) is 1.32. The van der Waals surface area contributed by atoms with E-state index >= 15 is 0 Å². The third-order valence-corrected chi connectivity index (χ3v) is 2.71. The van der Waals surface area contributed by atoms with E-state index in [1.54, 1.807) is 17.5 Å². The number of hydrogen-bond acceptors (Lipinski definition) is 5. The quantitative estimate of drug-likeness (QED) is 0.854. The van der Waals surface area contributed by atoms with Gasteiger partial charge in [-0.2, -0.15) is 0 Å². The van der Waals surface area contributed by atoms with Gasteiger partial charge in [-0.1, -0.05) is 11.3 Å².